The van der Waals surface area contributed by atoms with E-state index >= 15 is 0 Å². The summed E-state index contributed by atoms with van der Waals surface area (Å²) in [4.78, 5) is 8.75. The molecule has 0 fully saturated rings. The van der Waals surface area contributed by atoms with Crippen LogP contribution in [0.25, 0.3) is 0 Å². The molecule has 1 rings (SSSR count). The van der Waals surface area contributed by atoms with Crippen molar-refractivity contribution < 1.29 is 26.9 Å². The van der Waals surface area contributed by atoms with Crippen molar-refractivity contribution in [2.75, 3.05) is 6.54 Å². The first-order valence-corrected chi connectivity index (χ1v) is 6.08. The second-order valence-electron chi connectivity index (χ2n) is 4.32. The monoisotopic (exact) mass is 312 g/mol. The van der Waals surface area contributed by atoms with E-state index in [9.17, 15) is 32.1 Å². The highest BCUT2D eigenvalue weighted by molar-refractivity contribution is 5.34. The minimum Gasteiger partial charge on any atom is -0.258 e. The van der Waals surface area contributed by atoms with Crippen molar-refractivity contribution in [3.05, 3.63) is 39.9 Å². The molecule has 0 atom stereocenters. The lowest BCUT2D eigenvalue weighted by molar-refractivity contribution is -0.385. The van der Waals surface area contributed by atoms with Crippen LogP contribution in [-0.4, -0.2) is 22.7 Å². The molecule has 0 radical (unpaired) electrons. The Hall–Kier alpha value is -1.77. The Balaban J connectivity index is 3.12. The number of nitrogens with zero attached hydrogens (tertiary/aromatic N) is 2. The fourth-order valence-electron chi connectivity index (χ4n) is 1.68. The normalized spacial score (nSPS) is 12.7. The van der Waals surface area contributed by atoms with Crippen molar-refractivity contribution in [2.24, 2.45) is 0 Å². The fraction of sp³-hybridized carbons (Fsp3) is 0.500. The smallest absolute Gasteiger partial charge is 0.258 e. The number of nitro benzene ring substituents is 1. The fourth-order valence-corrected chi connectivity index (χ4v) is 1.68. The first kappa shape index (κ1) is 17.3. The molecule has 0 aliphatic rings. The molecule has 0 unspecified atom stereocenters. The number of non-ortho nitro benzene ring substituents is 1. The maximum Gasteiger partial charge on any atom is 0.464 e. The van der Waals surface area contributed by atoms with Gasteiger partial charge in [-0.3, -0.25) is 10.1 Å². The molecule has 0 bridgehead atoms. The molecule has 0 saturated carbocycles. The summed E-state index contributed by atoms with van der Waals surface area (Å²) in [6.45, 7) is 0.725. The van der Waals surface area contributed by atoms with E-state index < -0.39 is 40.0 Å². The third-order valence-electron chi connectivity index (χ3n) is 2.81. The molecule has 0 N–H and O–H groups in total. The summed E-state index contributed by atoms with van der Waals surface area (Å²) in [5.41, 5.74) is -1.41. The van der Waals surface area contributed by atoms with E-state index in [2.05, 4.69) is 0 Å². The lowest BCUT2D eigenvalue weighted by Crippen LogP contribution is -2.49. The highest BCUT2D eigenvalue weighted by atomic mass is 19.4. The van der Waals surface area contributed by atoms with Crippen LogP contribution in [-0.2, 0) is 6.05 Å². The second kappa shape index (κ2) is 6.33. The van der Waals surface area contributed by atoms with Gasteiger partial charge in [-0.25, -0.2) is 0 Å². The summed E-state index contributed by atoms with van der Waals surface area (Å²) in [5, 5.41) is 10.4. The Morgan fingerprint density at radius 1 is 1.14 bits per heavy atom. The van der Waals surface area contributed by atoms with Crippen LogP contribution in [0.4, 0.5) is 27.6 Å². The van der Waals surface area contributed by atoms with Crippen molar-refractivity contribution >= 4 is 5.69 Å². The van der Waals surface area contributed by atoms with E-state index in [1.807, 2.05) is 0 Å². The summed E-state index contributed by atoms with van der Waals surface area (Å²) < 4.78 is 66.3. The topological polar surface area (TPSA) is 46.4 Å². The van der Waals surface area contributed by atoms with Crippen molar-refractivity contribution in [3.63, 3.8) is 0 Å². The molecule has 0 spiro atoms. The van der Waals surface area contributed by atoms with Crippen LogP contribution in [0.15, 0.2) is 24.3 Å². The Labute approximate surface area is 117 Å². The molecule has 4 nitrogen and oxygen atoms in total. The van der Waals surface area contributed by atoms with Gasteiger partial charge in [0, 0.05) is 24.2 Å². The van der Waals surface area contributed by atoms with E-state index in [1.165, 1.54) is 0 Å². The van der Waals surface area contributed by atoms with Gasteiger partial charge in [-0.15, -0.1) is 4.90 Å². The number of unbranched alkanes of at least 4 members (excludes halogenated alkanes) is 1. The standard InChI is InChI=1S/C12H13F5N2O2/c1-2-3-8-18(12(15,16)17)11(13,14)9-4-6-10(7-5-9)19(20)21/h4-7H,2-3,8H2,1H3. The van der Waals surface area contributed by atoms with Gasteiger partial charge in [0.05, 0.1) is 4.92 Å². The first-order chi connectivity index (χ1) is 9.60. The quantitative estimate of drug-likeness (QED) is 0.341. The number of nitro groups is 1. The zero-order chi connectivity index (χ0) is 16.3. The van der Waals surface area contributed by atoms with Crippen molar-refractivity contribution in [3.8, 4) is 0 Å². The Morgan fingerprint density at radius 3 is 2.05 bits per heavy atom. The van der Waals surface area contributed by atoms with Crippen LogP contribution in [0.1, 0.15) is 25.3 Å². The van der Waals surface area contributed by atoms with Crippen molar-refractivity contribution in [2.45, 2.75) is 32.1 Å². The van der Waals surface area contributed by atoms with Gasteiger partial charge in [0.1, 0.15) is 0 Å². The van der Waals surface area contributed by atoms with Crippen LogP contribution >= 0.6 is 0 Å². The molecule has 9 heteroatoms. The van der Waals surface area contributed by atoms with Gasteiger partial charge in [0.2, 0.25) is 0 Å². The van der Waals surface area contributed by atoms with E-state index in [0.717, 1.165) is 12.1 Å². The summed E-state index contributed by atoms with van der Waals surface area (Å²) in [7, 11) is 0. The summed E-state index contributed by atoms with van der Waals surface area (Å²) >= 11 is 0. The number of hydrogen-bond donors (Lipinski definition) is 0. The van der Waals surface area contributed by atoms with Gasteiger partial charge < -0.3 is 0 Å². The molecular formula is C12H13F5N2O2. The molecular weight excluding hydrogens is 299 g/mol. The predicted octanol–water partition coefficient (Wildman–Crippen LogP) is 4.27. The number of benzene rings is 1. The minimum absolute atomic E-state index is 0.0535. The average molecular weight is 312 g/mol. The summed E-state index contributed by atoms with van der Waals surface area (Å²) in [6.07, 6.45) is -4.94. The zero-order valence-corrected chi connectivity index (χ0v) is 11.0. The van der Waals surface area contributed by atoms with Crippen molar-refractivity contribution in [1.29, 1.82) is 0 Å². The molecule has 0 aliphatic carbocycles. The molecule has 21 heavy (non-hydrogen) atoms. The van der Waals surface area contributed by atoms with Gasteiger partial charge >= 0.3 is 12.3 Å². The number of alkyl halides is 5. The van der Waals surface area contributed by atoms with Crippen LogP contribution in [0, 0.1) is 10.1 Å². The number of hydrogen-bond acceptors (Lipinski definition) is 3. The molecule has 0 aromatic heterocycles. The SMILES string of the molecule is CCCCN(C(F)(F)F)C(F)(F)c1ccc([N+](=O)[O-])cc1. The lowest BCUT2D eigenvalue weighted by Gasteiger charge is -2.32. The Kier molecular flexibility index (Phi) is 5.21. The van der Waals surface area contributed by atoms with Gasteiger partial charge in [0.15, 0.2) is 0 Å². The van der Waals surface area contributed by atoms with Gasteiger partial charge in [0.25, 0.3) is 5.69 Å². The maximum atomic E-state index is 14.0. The van der Waals surface area contributed by atoms with E-state index in [-0.39, 0.29) is 6.42 Å². The third kappa shape index (κ3) is 4.10. The van der Waals surface area contributed by atoms with E-state index in [4.69, 9.17) is 0 Å². The number of halogens is 5. The molecule has 0 heterocycles. The summed E-state index contributed by atoms with van der Waals surface area (Å²) in [5.74, 6) is 0. The predicted molar refractivity (Wildman–Crippen MR) is 64.7 cm³/mol. The van der Waals surface area contributed by atoms with Crippen LogP contribution < -0.4 is 0 Å². The molecule has 0 amide bonds. The van der Waals surface area contributed by atoms with Crippen LogP contribution in [0.5, 0.6) is 0 Å². The third-order valence-corrected chi connectivity index (χ3v) is 2.81. The lowest BCUT2D eigenvalue weighted by atomic mass is 10.1. The molecule has 0 aliphatic heterocycles. The molecule has 118 valence electrons. The van der Waals surface area contributed by atoms with Gasteiger partial charge in [-0.1, -0.05) is 13.3 Å². The molecule has 0 saturated heterocycles. The molecule has 1 aromatic carbocycles. The minimum atomic E-state index is -5.21. The van der Waals surface area contributed by atoms with Crippen LogP contribution in [0.2, 0.25) is 0 Å². The number of rotatable bonds is 6. The van der Waals surface area contributed by atoms with Crippen molar-refractivity contribution in [1.82, 2.24) is 4.90 Å². The van der Waals surface area contributed by atoms with Gasteiger partial charge in [-0.2, -0.15) is 22.0 Å². The van der Waals surface area contributed by atoms with Crippen LogP contribution in [0.3, 0.4) is 0 Å². The first-order valence-electron chi connectivity index (χ1n) is 6.08. The Morgan fingerprint density at radius 2 is 1.67 bits per heavy atom. The maximum absolute atomic E-state index is 14.0. The largest absolute Gasteiger partial charge is 0.464 e. The van der Waals surface area contributed by atoms with E-state index in [1.54, 1.807) is 6.92 Å². The summed E-state index contributed by atoms with van der Waals surface area (Å²) in [6, 6.07) is -1.54. The highest BCUT2D eigenvalue weighted by Gasteiger charge is 2.53. The zero-order valence-electron chi connectivity index (χ0n) is 11.0. The molecule has 1 aromatic rings. The van der Waals surface area contributed by atoms with Gasteiger partial charge in [-0.05, 0) is 18.6 Å². The Bertz CT molecular complexity index is 487. The van der Waals surface area contributed by atoms with E-state index in [0.29, 0.717) is 18.6 Å². The highest BCUT2D eigenvalue weighted by Crippen LogP contribution is 2.40. The second-order valence-corrected chi connectivity index (χ2v) is 4.32. The average Bonchev–Trinajstić information content (AvgIpc) is 2.37.